The summed E-state index contributed by atoms with van der Waals surface area (Å²) in [4.78, 5) is 15.8. The Labute approximate surface area is 174 Å². The van der Waals surface area contributed by atoms with Crippen molar-refractivity contribution in [3.63, 3.8) is 0 Å². The van der Waals surface area contributed by atoms with Gasteiger partial charge in [-0.15, -0.1) is 10.2 Å². The molecule has 0 aliphatic carbocycles. The molecule has 0 atom stereocenters. The molecule has 2 N–H and O–H groups in total. The number of carbonyl (C=O) groups excluding carboxylic acids is 1. The molecule has 1 amide bonds. The molecule has 0 saturated heterocycles. The van der Waals surface area contributed by atoms with Crippen LogP contribution in [0.15, 0.2) is 63.8 Å². The predicted molar refractivity (Wildman–Crippen MR) is 111 cm³/mol. The second-order valence-corrected chi connectivity index (χ2v) is 6.98. The number of hydrogen-bond acceptors (Lipinski definition) is 7. The van der Waals surface area contributed by atoms with E-state index in [0.29, 0.717) is 17.1 Å². The van der Waals surface area contributed by atoms with Gasteiger partial charge in [0.2, 0.25) is 5.58 Å². The minimum Gasteiger partial charge on any atom is -0.469 e. The molecule has 0 bridgehead atoms. The molecule has 4 rings (SSSR count). The number of amides is 1. The summed E-state index contributed by atoms with van der Waals surface area (Å²) < 4.78 is 12.3. The van der Waals surface area contributed by atoms with Gasteiger partial charge in [0.25, 0.3) is 11.8 Å². The van der Waals surface area contributed by atoms with Gasteiger partial charge in [-0.25, -0.2) is 0 Å². The summed E-state index contributed by atoms with van der Waals surface area (Å²) in [5.41, 5.74) is 2.45. The van der Waals surface area contributed by atoms with Crippen LogP contribution in [0.1, 0.15) is 16.1 Å². The SMILES string of the molecule is CNC(=O)c1cc(COc2nnc(Nc3ccc(Br)cc3)c3ccoc23)ccn1. The molecule has 1 aromatic carbocycles. The van der Waals surface area contributed by atoms with Crippen LogP contribution < -0.4 is 15.4 Å². The van der Waals surface area contributed by atoms with Gasteiger partial charge in [0.05, 0.1) is 11.6 Å². The van der Waals surface area contributed by atoms with E-state index in [-0.39, 0.29) is 18.4 Å². The van der Waals surface area contributed by atoms with Gasteiger partial charge < -0.3 is 19.8 Å². The number of aromatic nitrogens is 3. The van der Waals surface area contributed by atoms with E-state index in [4.69, 9.17) is 9.15 Å². The van der Waals surface area contributed by atoms with E-state index in [9.17, 15) is 4.79 Å². The van der Waals surface area contributed by atoms with Gasteiger partial charge in [-0.05, 0) is 48.0 Å². The summed E-state index contributed by atoms with van der Waals surface area (Å²) >= 11 is 3.41. The Bertz CT molecular complexity index is 1160. The number of benzene rings is 1. The Kier molecular flexibility index (Phi) is 5.39. The second-order valence-electron chi connectivity index (χ2n) is 6.07. The highest BCUT2D eigenvalue weighted by molar-refractivity contribution is 9.10. The minimum absolute atomic E-state index is 0.191. The van der Waals surface area contributed by atoms with Crippen molar-refractivity contribution in [3.05, 3.63) is 70.7 Å². The zero-order valence-electron chi connectivity index (χ0n) is 15.3. The van der Waals surface area contributed by atoms with Crippen LogP contribution in [0, 0.1) is 0 Å². The van der Waals surface area contributed by atoms with Gasteiger partial charge in [0.15, 0.2) is 5.82 Å². The van der Waals surface area contributed by atoms with Gasteiger partial charge in [0, 0.05) is 23.4 Å². The normalized spacial score (nSPS) is 10.7. The Morgan fingerprint density at radius 1 is 1.17 bits per heavy atom. The number of furan rings is 1. The zero-order chi connectivity index (χ0) is 20.2. The van der Waals surface area contributed by atoms with Crippen molar-refractivity contribution in [2.45, 2.75) is 6.61 Å². The molecule has 4 aromatic rings. The van der Waals surface area contributed by atoms with Crippen LogP contribution in [-0.4, -0.2) is 28.1 Å². The molecule has 0 fully saturated rings. The summed E-state index contributed by atoms with van der Waals surface area (Å²) in [6.07, 6.45) is 3.12. The Balaban J connectivity index is 1.54. The fraction of sp³-hybridized carbons (Fsp3) is 0.100. The van der Waals surface area contributed by atoms with Gasteiger partial charge in [-0.2, -0.15) is 0 Å². The maximum atomic E-state index is 11.7. The molecular weight excluding hydrogens is 438 g/mol. The summed E-state index contributed by atoms with van der Waals surface area (Å²) in [6, 6.07) is 12.9. The van der Waals surface area contributed by atoms with Crippen molar-refractivity contribution in [1.29, 1.82) is 0 Å². The standard InChI is InChI=1S/C20H16BrN5O3/c1-22-19(27)16-10-12(6-8-23-16)11-29-20-17-15(7-9-28-17)18(25-26-20)24-14-4-2-13(21)3-5-14/h2-10H,11H2,1H3,(H,22,27)(H,24,25). The van der Waals surface area contributed by atoms with Crippen molar-refractivity contribution < 1.29 is 13.9 Å². The van der Waals surface area contributed by atoms with Crippen LogP contribution in [0.5, 0.6) is 5.88 Å². The maximum Gasteiger partial charge on any atom is 0.278 e. The summed E-state index contributed by atoms with van der Waals surface area (Å²) in [5.74, 6) is 0.572. The minimum atomic E-state index is -0.261. The average Bonchev–Trinajstić information content (AvgIpc) is 3.25. The first-order valence-corrected chi connectivity index (χ1v) is 9.49. The molecule has 29 heavy (non-hydrogen) atoms. The first-order valence-electron chi connectivity index (χ1n) is 8.70. The molecule has 3 heterocycles. The number of ether oxygens (including phenoxy) is 1. The number of rotatable bonds is 6. The van der Waals surface area contributed by atoms with Gasteiger partial charge in [-0.1, -0.05) is 15.9 Å². The van der Waals surface area contributed by atoms with E-state index in [1.807, 2.05) is 24.3 Å². The van der Waals surface area contributed by atoms with E-state index >= 15 is 0 Å². The summed E-state index contributed by atoms with van der Waals surface area (Å²) in [6.45, 7) is 0.191. The monoisotopic (exact) mass is 453 g/mol. The molecule has 146 valence electrons. The molecular formula is C20H16BrN5O3. The van der Waals surface area contributed by atoms with Crippen LogP contribution in [-0.2, 0) is 6.61 Å². The first-order chi connectivity index (χ1) is 14.1. The van der Waals surface area contributed by atoms with Gasteiger partial charge in [0.1, 0.15) is 12.3 Å². The lowest BCUT2D eigenvalue weighted by molar-refractivity contribution is 0.0958. The number of hydrogen-bond donors (Lipinski definition) is 2. The van der Waals surface area contributed by atoms with Crippen molar-refractivity contribution in [2.24, 2.45) is 0 Å². The highest BCUT2D eigenvalue weighted by atomic mass is 79.9. The quantitative estimate of drug-likeness (QED) is 0.453. The third-order valence-electron chi connectivity index (χ3n) is 4.12. The zero-order valence-corrected chi connectivity index (χ0v) is 16.9. The predicted octanol–water partition coefficient (Wildman–Crippen LogP) is 4.06. The van der Waals surface area contributed by atoms with E-state index in [2.05, 4.69) is 41.7 Å². The van der Waals surface area contributed by atoms with Crippen molar-refractivity contribution in [2.75, 3.05) is 12.4 Å². The Morgan fingerprint density at radius 3 is 2.79 bits per heavy atom. The molecule has 0 aliphatic heterocycles. The summed E-state index contributed by atoms with van der Waals surface area (Å²) in [5, 5.41) is 14.9. The highest BCUT2D eigenvalue weighted by Crippen LogP contribution is 2.31. The number of fused-ring (bicyclic) bond motifs is 1. The molecule has 0 spiro atoms. The average molecular weight is 454 g/mol. The number of pyridine rings is 1. The number of nitrogens with one attached hydrogen (secondary N) is 2. The third-order valence-corrected chi connectivity index (χ3v) is 4.65. The fourth-order valence-corrected chi connectivity index (χ4v) is 2.95. The molecule has 9 heteroatoms. The van der Waals surface area contributed by atoms with Gasteiger partial charge >= 0.3 is 0 Å². The summed E-state index contributed by atoms with van der Waals surface area (Å²) in [7, 11) is 1.56. The van der Waals surface area contributed by atoms with E-state index in [1.54, 1.807) is 37.7 Å². The molecule has 3 aromatic heterocycles. The lowest BCUT2D eigenvalue weighted by Gasteiger charge is -2.09. The van der Waals surface area contributed by atoms with Gasteiger partial charge in [-0.3, -0.25) is 9.78 Å². The number of carbonyl (C=O) groups is 1. The van der Waals surface area contributed by atoms with Crippen molar-refractivity contribution >= 4 is 44.3 Å². The molecule has 8 nitrogen and oxygen atoms in total. The fourth-order valence-electron chi connectivity index (χ4n) is 2.68. The largest absolute Gasteiger partial charge is 0.469 e. The van der Waals surface area contributed by atoms with Crippen LogP contribution in [0.3, 0.4) is 0 Å². The number of anilines is 2. The Morgan fingerprint density at radius 2 is 2.00 bits per heavy atom. The molecule has 0 unspecified atom stereocenters. The van der Waals surface area contributed by atoms with Crippen LogP contribution in [0.25, 0.3) is 11.0 Å². The van der Waals surface area contributed by atoms with Crippen LogP contribution in [0.4, 0.5) is 11.5 Å². The topological polar surface area (TPSA) is 102 Å². The van der Waals surface area contributed by atoms with E-state index < -0.39 is 0 Å². The van der Waals surface area contributed by atoms with E-state index in [1.165, 1.54) is 0 Å². The van der Waals surface area contributed by atoms with Crippen LogP contribution in [0.2, 0.25) is 0 Å². The molecule has 0 radical (unpaired) electrons. The first kappa shape index (κ1) is 18.9. The van der Waals surface area contributed by atoms with Crippen molar-refractivity contribution in [1.82, 2.24) is 20.5 Å². The lowest BCUT2D eigenvalue weighted by atomic mass is 10.2. The second kappa shape index (κ2) is 8.27. The van der Waals surface area contributed by atoms with E-state index in [0.717, 1.165) is 21.1 Å². The molecule has 0 saturated carbocycles. The van der Waals surface area contributed by atoms with Crippen LogP contribution >= 0.6 is 15.9 Å². The highest BCUT2D eigenvalue weighted by Gasteiger charge is 2.14. The lowest BCUT2D eigenvalue weighted by Crippen LogP contribution is -2.19. The molecule has 0 aliphatic rings. The third kappa shape index (κ3) is 4.19. The smallest absolute Gasteiger partial charge is 0.278 e. The van der Waals surface area contributed by atoms with Crippen molar-refractivity contribution in [3.8, 4) is 5.88 Å². The Hall–Kier alpha value is -3.46. The maximum absolute atomic E-state index is 11.7. The number of halogens is 1. The number of nitrogens with zero attached hydrogens (tertiary/aromatic N) is 3.